The molecule has 0 aliphatic carbocycles. The van der Waals surface area contributed by atoms with Gasteiger partial charge < -0.3 is 5.32 Å². The monoisotopic (exact) mass is 465 g/mol. The van der Waals surface area contributed by atoms with Crippen LogP contribution in [0.3, 0.4) is 0 Å². The lowest BCUT2D eigenvalue weighted by Crippen LogP contribution is -2.22. The Kier molecular flexibility index (Phi) is 6.77. The Balaban J connectivity index is 1.48. The third kappa shape index (κ3) is 4.79. The van der Waals surface area contributed by atoms with Gasteiger partial charge in [-0.15, -0.1) is 28.1 Å². The summed E-state index contributed by atoms with van der Waals surface area (Å²) in [6, 6.07) is 16.2. The molecule has 9 heteroatoms. The highest BCUT2D eigenvalue weighted by molar-refractivity contribution is 8.00. The summed E-state index contributed by atoms with van der Waals surface area (Å²) >= 11 is 2.62. The minimum absolute atomic E-state index is 0.204. The van der Waals surface area contributed by atoms with E-state index in [-0.39, 0.29) is 11.7 Å². The fourth-order valence-corrected chi connectivity index (χ4v) is 4.58. The number of hydrogen-bond acceptors (Lipinski definition) is 6. The molecule has 0 aliphatic rings. The molecule has 0 radical (unpaired) electrons. The van der Waals surface area contributed by atoms with Crippen molar-refractivity contribution in [1.82, 2.24) is 19.7 Å². The Labute approximate surface area is 193 Å². The molecule has 32 heavy (non-hydrogen) atoms. The van der Waals surface area contributed by atoms with Gasteiger partial charge in [-0.1, -0.05) is 60.3 Å². The summed E-state index contributed by atoms with van der Waals surface area (Å²) in [7, 11) is 0. The third-order valence-electron chi connectivity index (χ3n) is 4.60. The van der Waals surface area contributed by atoms with Crippen molar-refractivity contribution in [2.24, 2.45) is 0 Å². The number of amides is 1. The van der Waals surface area contributed by atoms with E-state index in [2.05, 4.69) is 27.1 Å². The first-order valence-corrected chi connectivity index (χ1v) is 11.6. The Morgan fingerprint density at radius 2 is 1.97 bits per heavy atom. The summed E-state index contributed by atoms with van der Waals surface area (Å²) < 4.78 is 16.0. The van der Waals surface area contributed by atoms with Crippen LogP contribution < -0.4 is 5.32 Å². The van der Waals surface area contributed by atoms with Crippen LogP contribution >= 0.6 is 23.1 Å². The van der Waals surface area contributed by atoms with Crippen molar-refractivity contribution < 1.29 is 9.18 Å². The first-order valence-electron chi connectivity index (χ1n) is 9.84. The molecule has 162 valence electrons. The summed E-state index contributed by atoms with van der Waals surface area (Å²) in [4.78, 5) is 17.3. The molecule has 1 N–H and O–H groups in total. The van der Waals surface area contributed by atoms with E-state index in [1.54, 1.807) is 35.8 Å². The van der Waals surface area contributed by atoms with Crippen molar-refractivity contribution in [2.75, 3.05) is 5.32 Å². The van der Waals surface area contributed by atoms with Gasteiger partial charge in [-0.3, -0.25) is 9.36 Å². The number of anilines is 1. The van der Waals surface area contributed by atoms with Crippen LogP contribution in [-0.2, 0) is 11.3 Å². The average Bonchev–Trinajstić information content (AvgIpc) is 3.42. The molecule has 0 spiro atoms. The van der Waals surface area contributed by atoms with Gasteiger partial charge in [-0.05, 0) is 19.1 Å². The Hall–Kier alpha value is -3.30. The second-order valence-electron chi connectivity index (χ2n) is 6.84. The summed E-state index contributed by atoms with van der Waals surface area (Å²) in [6.45, 7) is 5.93. The van der Waals surface area contributed by atoms with Gasteiger partial charge in [0.15, 0.2) is 16.1 Å². The van der Waals surface area contributed by atoms with Crippen LogP contribution in [0.2, 0.25) is 0 Å². The molecular formula is C23H20FN5OS2. The van der Waals surface area contributed by atoms with Gasteiger partial charge >= 0.3 is 0 Å². The second kappa shape index (κ2) is 9.88. The number of benzene rings is 2. The van der Waals surface area contributed by atoms with E-state index in [1.807, 2.05) is 35.7 Å². The maximum Gasteiger partial charge on any atom is 0.239 e. The normalized spacial score (nSPS) is 11.8. The molecule has 4 aromatic rings. The molecule has 0 fully saturated rings. The lowest BCUT2D eigenvalue weighted by molar-refractivity contribution is -0.115. The van der Waals surface area contributed by atoms with Gasteiger partial charge in [0, 0.05) is 17.5 Å². The van der Waals surface area contributed by atoms with Crippen molar-refractivity contribution in [3.63, 3.8) is 0 Å². The summed E-state index contributed by atoms with van der Waals surface area (Å²) in [5.41, 5.74) is 2.15. The molecule has 0 bridgehead atoms. The van der Waals surface area contributed by atoms with Crippen LogP contribution in [0.25, 0.3) is 22.6 Å². The SMILES string of the molecule is C=CCn1c(SC(C)C(=O)Nc2nc(-c3ccccc3)cs2)nnc1-c1ccccc1F. The number of thiazole rings is 1. The number of nitrogens with one attached hydrogen (secondary N) is 1. The first kappa shape index (κ1) is 21.9. The average molecular weight is 466 g/mol. The van der Waals surface area contributed by atoms with Crippen LogP contribution in [0.5, 0.6) is 0 Å². The van der Waals surface area contributed by atoms with Crippen LogP contribution in [0, 0.1) is 5.82 Å². The summed E-state index contributed by atoms with van der Waals surface area (Å²) in [5.74, 6) is -0.194. The molecule has 2 aromatic carbocycles. The summed E-state index contributed by atoms with van der Waals surface area (Å²) in [5, 5.41) is 13.7. The van der Waals surface area contributed by atoms with Crippen molar-refractivity contribution in [3.8, 4) is 22.6 Å². The molecule has 0 aliphatic heterocycles. The van der Waals surface area contributed by atoms with Gasteiger partial charge in [-0.2, -0.15) is 0 Å². The number of aromatic nitrogens is 4. The van der Waals surface area contributed by atoms with E-state index in [0.717, 1.165) is 11.3 Å². The second-order valence-corrected chi connectivity index (χ2v) is 9.00. The predicted octanol–water partition coefficient (Wildman–Crippen LogP) is 5.51. The van der Waals surface area contributed by atoms with Crippen molar-refractivity contribution in [1.29, 1.82) is 0 Å². The minimum atomic E-state index is -0.472. The van der Waals surface area contributed by atoms with Crippen LogP contribution in [0.15, 0.2) is 77.8 Å². The molecular weight excluding hydrogens is 445 g/mol. The van der Waals surface area contributed by atoms with Crippen LogP contribution in [-0.4, -0.2) is 30.9 Å². The van der Waals surface area contributed by atoms with E-state index in [4.69, 9.17) is 0 Å². The lowest BCUT2D eigenvalue weighted by Gasteiger charge is -2.12. The smallest absolute Gasteiger partial charge is 0.239 e. The number of allylic oxidation sites excluding steroid dienone is 1. The van der Waals surface area contributed by atoms with Gasteiger partial charge in [0.05, 0.1) is 16.5 Å². The highest BCUT2D eigenvalue weighted by Crippen LogP contribution is 2.30. The first-order chi connectivity index (χ1) is 15.6. The maximum atomic E-state index is 14.3. The third-order valence-corrected chi connectivity index (χ3v) is 6.44. The molecule has 6 nitrogen and oxygen atoms in total. The van der Waals surface area contributed by atoms with Crippen LogP contribution in [0.4, 0.5) is 9.52 Å². The molecule has 0 saturated heterocycles. The lowest BCUT2D eigenvalue weighted by atomic mass is 10.2. The molecule has 0 saturated carbocycles. The fraction of sp³-hybridized carbons (Fsp3) is 0.130. The number of nitrogens with zero attached hydrogens (tertiary/aromatic N) is 4. The topological polar surface area (TPSA) is 72.7 Å². The van der Waals surface area contributed by atoms with E-state index < -0.39 is 5.25 Å². The zero-order valence-electron chi connectivity index (χ0n) is 17.2. The standard InChI is InChI=1S/C23H20FN5OS2/c1-3-13-29-20(17-11-7-8-12-18(17)24)27-28-23(29)32-15(2)21(30)26-22-25-19(14-31-22)16-9-5-4-6-10-16/h3-12,14-15H,1,13H2,2H3,(H,25,26,30). The number of carbonyl (C=O) groups is 1. The Morgan fingerprint density at radius 1 is 1.22 bits per heavy atom. The number of halogens is 1. The highest BCUT2D eigenvalue weighted by Gasteiger charge is 2.22. The number of hydrogen-bond donors (Lipinski definition) is 1. The molecule has 4 rings (SSSR count). The van der Waals surface area contributed by atoms with Crippen molar-refractivity contribution in [3.05, 3.63) is 78.4 Å². The highest BCUT2D eigenvalue weighted by atomic mass is 32.2. The van der Waals surface area contributed by atoms with Gasteiger partial charge in [0.25, 0.3) is 0 Å². The molecule has 1 atom stereocenters. The molecule has 1 amide bonds. The minimum Gasteiger partial charge on any atom is -0.301 e. The number of thioether (sulfide) groups is 1. The van der Waals surface area contributed by atoms with E-state index >= 15 is 0 Å². The van der Waals surface area contributed by atoms with Gasteiger partial charge in [-0.25, -0.2) is 9.37 Å². The van der Waals surface area contributed by atoms with E-state index in [9.17, 15) is 9.18 Å². The zero-order chi connectivity index (χ0) is 22.5. The van der Waals surface area contributed by atoms with Crippen molar-refractivity contribution >= 4 is 34.1 Å². The molecule has 1 unspecified atom stereocenters. The quantitative estimate of drug-likeness (QED) is 0.274. The van der Waals surface area contributed by atoms with Gasteiger partial charge in [0.2, 0.25) is 5.91 Å². The molecule has 2 aromatic heterocycles. The number of rotatable bonds is 8. The largest absolute Gasteiger partial charge is 0.301 e. The van der Waals surface area contributed by atoms with E-state index in [1.165, 1.54) is 29.2 Å². The van der Waals surface area contributed by atoms with E-state index in [0.29, 0.717) is 28.2 Å². The summed E-state index contributed by atoms with van der Waals surface area (Å²) in [6.07, 6.45) is 1.68. The zero-order valence-corrected chi connectivity index (χ0v) is 18.9. The van der Waals surface area contributed by atoms with Crippen LogP contribution in [0.1, 0.15) is 6.92 Å². The predicted molar refractivity (Wildman–Crippen MR) is 127 cm³/mol. The Bertz CT molecular complexity index is 1240. The number of carbonyl (C=O) groups excluding carboxylic acids is 1. The molecule has 2 heterocycles. The van der Waals surface area contributed by atoms with Gasteiger partial charge in [0.1, 0.15) is 5.82 Å². The maximum absolute atomic E-state index is 14.3. The Morgan fingerprint density at radius 3 is 2.72 bits per heavy atom. The fourth-order valence-electron chi connectivity index (χ4n) is 3.00. The van der Waals surface area contributed by atoms with Crippen molar-refractivity contribution in [2.45, 2.75) is 23.9 Å².